The number of phenolic OH excluding ortho intramolecular Hbond substituents is 1. The van der Waals surface area contributed by atoms with E-state index >= 15 is 0 Å². The smallest absolute Gasteiger partial charge is 0.331 e. The highest BCUT2D eigenvalue weighted by Gasteiger charge is 2.32. The molecule has 0 spiro atoms. The predicted molar refractivity (Wildman–Crippen MR) is 85.1 cm³/mol. The maximum Gasteiger partial charge on any atom is 0.331 e. The third kappa shape index (κ3) is 4.12. The summed E-state index contributed by atoms with van der Waals surface area (Å²) in [7, 11) is 1.32. The first kappa shape index (κ1) is 17.1. The van der Waals surface area contributed by atoms with Crippen molar-refractivity contribution in [3.63, 3.8) is 0 Å². The largest absolute Gasteiger partial charge is 0.508 e. The molecule has 23 heavy (non-hydrogen) atoms. The molecule has 0 amide bonds. The van der Waals surface area contributed by atoms with Crippen LogP contribution in [0.5, 0.6) is 5.75 Å². The molecule has 5 nitrogen and oxygen atoms in total. The number of hydrogen-bond donors (Lipinski definition) is 1. The molecule has 1 aliphatic rings. The van der Waals surface area contributed by atoms with Crippen molar-refractivity contribution in [1.29, 1.82) is 0 Å². The highest BCUT2D eigenvalue weighted by Crippen LogP contribution is 2.38. The Hall–Kier alpha value is -2.30. The Bertz CT molecular complexity index is 652. The number of carbonyl (C=O) groups is 2. The Morgan fingerprint density at radius 2 is 1.96 bits per heavy atom. The fourth-order valence-corrected chi connectivity index (χ4v) is 2.75. The number of aromatic hydroxyl groups is 1. The lowest BCUT2D eigenvalue weighted by Gasteiger charge is -2.27. The van der Waals surface area contributed by atoms with Crippen LogP contribution in [0.25, 0.3) is 0 Å². The standard InChI is InChI=1S/C18H22O5/c1-18(2,3)23-15(20)10-12-6-5-11-9-13(19)7-8-14(11)16(12)17(21)22-4/h7-10,16,19H,5-6H2,1-4H3/b12-10+. The van der Waals surface area contributed by atoms with Crippen molar-refractivity contribution in [2.24, 2.45) is 0 Å². The summed E-state index contributed by atoms with van der Waals surface area (Å²) in [5, 5.41) is 9.60. The third-order valence-electron chi connectivity index (χ3n) is 3.64. The SMILES string of the molecule is COC(=O)C1/C(=C/C(=O)OC(C)(C)C)CCc2cc(O)ccc21. The number of benzene rings is 1. The number of aryl methyl sites for hydroxylation is 1. The summed E-state index contributed by atoms with van der Waals surface area (Å²) in [6.45, 7) is 5.38. The number of esters is 2. The van der Waals surface area contributed by atoms with Gasteiger partial charge >= 0.3 is 11.9 Å². The zero-order valence-corrected chi connectivity index (χ0v) is 13.9. The molecule has 2 rings (SSSR count). The van der Waals surface area contributed by atoms with Crippen molar-refractivity contribution in [3.05, 3.63) is 41.0 Å². The number of phenols is 1. The van der Waals surface area contributed by atoms with Gasteiger partial charge in [-0.15, -0.1) is 0 Å². The van der Waals surface area contributed by atoms with Gasteiger partial charge in [0.1, 0.15) is 17.3 Å². The minimum absolute atomic E-state index is 0.159. The van der Waals surface area contributed by atoms with Crippen LogP contribution < -0.4 is 0 Å². The molecule has 1 atom stereocenters. The summed E-state index contributed by atoms with van der Waals surface area (Å²) in [6.07, 6.45) is 2.57. The van der Waals surface area contributed by atoms with Crippen molar-refractivity contribution in [3.8, 4) is 5.75 Å². The van der Waals surface area contributed by atoms with E-state index in [1.807, 2.05) is 0 Å². The third-order valence-corrected chi connectivity index (χ3v) is 3.64. The number of methoxy groups -OCH3 is 1. The van der Waals surface area contributed by atoms with Gasteiger partial charge in [0, 0.05) is 6.08 Å². The molecule has 1 N–H and O–H groups in total. The topological polar surface area (TPSA) is 72.8 Å². The van der Waals surface area contributed by atoms with Crippen molar-refractivity contribution >= 4 is 11.9 Å². The molecule has 0 radical (unpaired) electrons. The molecule has 1 unspecified atom stereocenters. The Morgan fingerprint density at radius 1 is 1.26 bits per heavy atom. The molecule has 0 aromatic heterocycles. The van der Waals surface area contributed by atoms with Gasteiger partial charge in [0.25, 0.3) is 0 Å². The van der Waals surface area contributed by atoms with Crippen LogP contribution in [0.3, 0.4) is 0 Å². The van der Waals surface area contributed by atoms with E-state index in [2.05, 4.69) is 0 Å². The van der Waals surface area contributed by atoms with Crippen LogP contribution in [0.4, 0.5) is 0 Å². The van der Waals surface area contributed by atoms with Crippen LogP contribution in [0.2, 0.25) is 0 Å². The van der Waals surface area contributed by atoms with Crippen LogP contribution in [-0.4, -0.2) is 29.8 Å². The van der Waals surface area contributed by atoms with Crippen molar-refractivity contribution in [2.75, 3.05) is 7.11 Å². The van der Waals surface area contributed by atoms with E-state index < -0.39 is 23.5 Å². The van der Waals surface area contributed by atoms with Crippen molar-refractivity contribution in [2.45, 2.75) is 45.1 Å². The van der Waals surface area contributed by atoms with Gasteiger partial charge in [0.2, 0.25) is 0 Å². The second-order valence-corrected chi connectivity index (χ2v) is 6.59. The van der Waals surface area contributed by atoms with E-state index in [0.717, 1.165) is 11.1 Å². The minimum atomic E-state index is -0.642. The second-order valence-electron chi connectivity index (χ2n) is 6.59. The highest BCUT2D eigenvalue weighted by molar-refractivity contribution is 5.89. The van der Waals surface area contributed by atoms with Crippen LogP contribution in [-0.2, 0) is 25.5 Å². The Labute approximate surface area is 135 Å². The maximum absolute atomic E-state index is 12.2. The molecular weight excluding hydrogens is 296 g/mol. The fourth-order valence-electron chi connectivity index (χ4n) is 2.75. The van der Waals surface area contributed by atoms with Gasteiger partial charge in [0.05, 0.1) is 7.11 Å². The number of fused-ring (bicyclic) bond motifs is 1. The second kappa shape index (κ2) is 6.44. The van der Waals surface area contributed by atoms with Crippen molar-refractivity contribution in [1.82, 2.24) is 0 Å². The molecule has 1 aliphatic carbocycles. The molecule has 0 bridgehead atoms. The first-order valence-electron chi connectivity index (χ1n) is 7.54. The fraction of sp³-hybridized carbons (Fsp3) is 0.444. The lowest BCUT2D eigenvalue weighted by atomic mass is 9.78. The lowest BCUT2D eigenvalue weighted by molar-refractivity contribution is -0.148. The monoisotopic (exact) mass is 318 g/mol. The number of hydrogen-bond acceptors (Lipinski definition) is 5. The summed E-state index contributed by atoms with van der Waals surface area (Å²) >= 11 is 0. The van der Waals surface area contributed by atoms with Crippen LogP contribution in [0.1, 0.15) is 44.2 Å². The number of ether oxygens (including phenoxy) is 2. The number of rotatable bonds is 2. The van der Waals surface area contributed by atoms with Gasteiger partial charge < -0.3 is 14.6 Å². The molecule has 5 heteroatoms. The predicted octanol–water partition coefficient (Wildman–Crippen LogP) is 2.86. The molecule has 0 fully saturated rings. The van der Waals surface area contributed by atoms with Crippen LogP contribution in [0, 0.1) is 0 Å². The molecule has 0 saturated heterocycles. The molecule has 1 aromatic carbocycles. The molecule has 0 aliphatic heterocycles. The minimum Gasteiger partial charge on any atom is -0.508 e. The number of carbonyl (C=O) groups excluding carboxylic acids is 2. The molecule has 124 valence electrons. The average molecular weight is 318 g/mol. The molecular formula is C18H22O5. The van der Waals surface area contributed by atoms with Gasteiger partial charge in [-0.1, -0.05) is 6.07 Å². The highest BCUT2D eigenvalue weighted by atomic mass is 16.6. The van der Waals surface area contributed by atoms with E-state index in [-0.39, 0.29) is 5.75 Å². The summed E-state index contributed by atoms with van der Waals surface area (Å²) in [6, 6.07) is 4.88. The zero-order chi connectivity index (χ0) is 17.2. The van der Waals surface area contributed by atoms with E-state index in [1.54, 1.807) is 32.9 Å². The summed E-state index contributed by atoms with van der Waals surface area (Å²) in [5.41, 5.74) is 1.73. The van der Waals surface area contributed by atoms with Crippen LogP contribution in [0.15, 0.2) is 29.8 Å². The molecule has 0 saturated carbocycles. The molecule has 1 aromatic rings. The normalized spacial score (nSPS) is 19.1. The summed E-state index contributed by atoms with van der Waals surface area (Å²) in [4.78, 5) is 24.3. The lowest BCUT2D eigenvalue weighted by Crippen LogP contribution is -2.25. The van der Waals surface area contributed by atoms with E-state index in [0.29, 0.717) is 18.4 Å². The van der Waals surface area contributed by atoms with Crippen molar-refractivity contribution < 1.29 is 24.2 Å². The maximum atomic E-state index is 12.2. The Balaban J connectivity index is 2.39. The quantitative estimate of drug-likeness (QED) is 0.670. The van der Waals surface area contributed by atoms with Gasteiger partial charge in [0.15, 0.2) is 0 Å². The van der Waals surface area contributed by atoms with E-state index in [1.165, 1.54) is 19.3 Å². The van der Waals surface area contributed by atoms with E-state index in [4.69, 9.17) is 9.47 Å². The summed E-state index contributed by atoms with van der Waals surface area (Å²) in [5.74, 6) is -1.38. The Morgan fingerprint density at radius 3 is 2.57 bits per heavy atom. The first-order chi connectivity index (χ1) is 10.7. The van der Waals surface area contributed by atoms with Crippen LogP contribution >= 0.6 is 0 Å². The van der Waals surface area contributed by atoms with Gasteiger partial charge in [-0.25, -0.2) is 4.79 Å². The van der Waals surface area contributed by atoms with Gasteiger partial charge in [-0.05, 0) is 62.4 Å². The average Bonchev–Trinajstić information content (AvgIpc) is 2.44. The first-order valence-corrected chi connectivity index (χ1v) is 7.54. The Kier molecular flexibility index (Phi) is 4.78. The molecule has 0 heterocycles. The zero-order valence-electron chi connectivity index (χ0n) is 13.9. The summed E-state index contributed by atoms with van der Waals surface area (Å²) < 4.78 is 10.2. The van der Waals surface area contributed by atoms with Gasteiger partial charge in [-0.3, -0.25) is 4.79 Å². The van der Waals surface area contributed by atoms with E-state index in [9.17, 15) is 14.7 Å². The van der Waals surface area contributed by atoms with Gasteiger partial charge in [-0.2, -0.15) is 0 Å².